The normalized spacial score (nSPS) is 12.9. The van der Waals surface area contributed by atoms with Gasteiger partial charge in [-0.1, -0.05) is 0 Å². The van der Waals surface area contributed by atoms with Crippen molar-refractivity contribution in [3.05, 3.63) is 0 Å². The monoisotopic (exact) mass is 301 g/mol. The molecule has 0 aliphatic carbocycles. The summed E-state index contributed by atoms with van der Waals surface area (Å²) in [4.78, 5) is 0. The molecule has 0 aromatic heterocycles. The molecule has 0 saturated heterocycles. The molecule has 0 amide bonds. The van der Waals surface area contributed by atoms with Gasteiger partial charge in [0, 0.05) is 12.8 Å². The maximum atomic E-state index is 12.4. The van der Waals surface area contributed by atoms with Gasteiger partial charge in [0.05, 0.1) is 0 Å². The van der Waals surface area contributed by atoms with Crippen LogP contribution in [0.2, 0.25) is 0 Å². The molecule has 0 radical (unpaired) electrons. The Labute approximate surface area is 102 Å². The highest BCUT2D eigenvalue weighted by Gasteiger charge is 2.43. The van der Waals surface area contributed by atoms with Crippen molar-refractivity contribution in [2.45, 2.75) is 37.1 Å². The lowest BCUT2D eigenvalue weighted by molar-refractivity contribution is -0.136. The maximum absolute atomic E-state index is 12.4. The van der Waals surface area contributed by atoms with E-state index in [9.17, 15) is 30.4 Å². The molecule has 0 aromatic rings. The Morgan fingerprint density at radius 2 is 1.33 bits per heavy atom. The van der Waals surface area contributed by atoms with E-state index in [-0.39, 0.29) is 0 Å². The van der Waals surface area contributed by atoms with Crippen LogP contribution in [-0.2, 0) is 10.1 Å². The highest BCUT2D eigenvalue weighted by molar-refractivity contribution is 7.86. The van der Waals surface area contributed by atoms with Gasteiger partial charge in [-0.2, -0.15) is 30.4 Å². The zero-order valence-electron chi connectivity index (χ0n) is 9.89. The quantitative estimate of drug-likeness (QED) is 0.465. The topological polar surface area (TPSA) is 66.4 Å². The van der Waals surface area contributed by atoms with Crippen molar-refractivity contribution in [2.24, 2.45) is 0 Å². The highest BCUT2D eigenvalue weighted by atomic mass is 32.2. The van der Waals surface area contributed by atoms with Gasteiger partial charge in [0.25, 0.3) is 0 Å². The third-order valence-electron chi connectivity index (χ3n) is 1.56. The lowest BCUT2D eigenvalue weighted by atomic mass is 10.2. The van der Waals surface area contributed by atoms with Crippen molar-refractivity contribution in [3.63, 3.8) is 0 Å². The zero-order chi connectivity index (χ0) is 15.0. The van der Waals surface area contributed by atoms with Gasteiger partial charge in [-0.05, 0) is 26.9 Å². The summed E-state index contributed by atoms with van der Waals surface area (Å²) in [6.45, 7) is 0. The molecule has 0 heterocycles. The molecule has 2 N–H and O–H groups in total. The Morgan fingerprint density at radius 3 is 1.61 bits per heavy atom. The Morgan fingerprint density at radius 1 is 1.00 bits per heavy atom. The number of halogens is 5. The summed E-state index contributed by atoms with van der Waals surface area (Å²) in [5, 5.41) is -1.63. The second-order valence-corrected chi connectivity index (χ2v) is 4.98. The average Bonchev–Trinajstić information content (AvgIpc) is 2.10. The third-order valence-corrected chi connectivity index (χ3v) is 2.51. The summed E-state index contributed by atoms with van der Waals surface area (Å²) >= 11 is 0. The molecule has 0 bridgehead atoms. The number of hydrogen-bond donors (Lipinski definition) is 2. The number of hydrogen-bond acceptors (Lipinski definition) is 3. The van der Waals surface area contributed by atoms with Crippen molar-refractivity contribution >= 4 is 10.1 Å². The van der Waals surface area contributed by atoms with Crippen LogP contribution in [0.15, 0.2) is 0 Å². The van der Waals surface area contributed by atoms with E-state index in [1.807, 2.05) is 14.1 Å². The van der Waals surface area contributed by atoms with Crippen molar-refractivity contribution < 1.29 is 34.9 Å². The summed E-state index contributed by atoms with van der Waals surface area (Å²) in [7, 11) is -1.78. The molecule has 0 spiro atoms. The van der Waals surface area contributed by atoms with E-state index < -0.39 is 47.2 Å². The van der Waals surface area contributed by atoms with E-state index >= 15 is 0 Å². The first-order valence-electron chi connectivity index (χ1n) is 4.87. The second kappa shape index (κ2) is 7.85. The summed E-state index contributed by atoms with van der Waals surface area (Å²) in [5.41, 5.74) is 0. The van der Waals surface area contributed by atoms with Crippen molar-refractivity contribution in [2.75, 3.05) is 14.1 Å². The van der Waals surface area contributed by atoms with Gasteiger partial charge in [0.2, 0.25) is 0 Å². The second-order valence-electron chi connectivity index (χ2n) is 3.43. The Hall–Kier alpha value is -0.480. The van der Waals surface area contributed by atoms with E-state index in [1.54, 1.807) is 0 Å². The lowest BCUT2D eigenvalue weighted by Crippen LogP contribution is -2.28. The summed E-state index contributed by atoms with van der Waals surface area (Å²) in [5.74, 6) is 0. The molecule has 0 fully saturated rings. The minimum Gasteiger partial charge on any atom is -0.323 e. The first-order valence-corrected chi connectivity index (χ1v) is 6.31. The molecule has 0 atom stereocenters. The molecule has 0 saturated carbocycles. The highest BCUT2D eigenvalue weighted by Crippen LogP contribution is 2.29. The van der Waals surface area contributed by atoms with Crippen LogP contribution in [0.4, 0.5) is 22.0 Å². The molecule has 0 aliphatic heterocycles. The molecule has 0 unspecified atom stereocenters. The van der Waals surface area contributed by atoms with E-state index in [0.717, 1.165) is 0 Å². The Bertz CT molecular complexity index is 315. The largest absolute Gasteiger partial charge is 0.389 e. The Balaban J connectivity index is 0. The predicted octanol–water partition coefficient (Wildman–Crippen LogP) is 2.43. The molecule has 112 valence electrons. The molecule has 10 heteroatoms. The molecule has 0 aromatic carbocycles. The van der Waals surface area contributed by atoms with Crippen LogP contribution in [0.25, 0.3) is 0 Å². The fourth-order valence-electron chi connectivity index (χ4n) is 0.785. The molecular formula is C8H16F5NO3S. The molecule has 0 aliphatic rings. The third kappa shape index (κ3) is 10.7. The minimum absolute atomic E-state index is 0.603. The van der Waals surface area contributed by atoms with Gasteiger partial charge in [-0.15, -0.1) is 0 Å². The van der Waals surface area contributed by atoms with Crippen molar-refractivity contribution in [1.82, 2.24) is 5.32 Å². The molecule has 18 heavy (non-hydrogen) atoms. The number of rotatable bonds is 5. The van der Waals surface area contributed by atoms with Gasteiger partial charge in [0.15, 0.2) is 0 Å². The van der Waals surface area contributed by atoms with Gasteiger partial charge in [0.1, 0.15) is 0 Å². The maximum Gasteiger partial charge on any atom is 0.389 e. The van der Waals surface area contributed by atoms with Gasteiger partial charge >= 0.3 is 21.5 Å². The molecule has 4 nitrogen and oxygen atoms in total. The summed E-state index contributed by atoms with van der Waals surface area (Å²) < 4.78 is 87.6. The van der Waals surface area contributed by atoms with Crippen LogP contribution < -0.4 is 5.32 Å². The lowest BCUT2D eigenvalue weighted by Gasteiger charge is -2.12. The Kier molecular flexibility index (Phi) is 8.65. The SMILES string of the molecule is CNC.O=S(=O)(O)C(F)(F)CCCCC(F)(F)F. The van der Waals surface area contributed by atoms with Crippen LogP contribution in [0.3, 0.4) is 0 Å². The first kappa shape index (κ1) is 19.9. The number of alkyl halides is 5. The van der Waals surface area contributed by atoms with E-state index in [2.05, 4.69) is 5.32 Å². The minimum atomic E-state index is -5.53. The van der Waals surface area contributed by atoms with Crippen LogP contribution in [0.1, 0.15) is 25.7 Å². The molecule has 0 rings (SSSR count). The van der Waals surface area contributed by atoms with E-state index in [1.165, 1.54) is 0 Å². The van der Waals surface area contributed by atoms with Gasteiger partial charge in [-0.3, -0.25) is 4.55 Å². The number of unbranched alkanes of at least 4 members (excludes halogenated alkanes) is 1. The summed E-state index contributed by atoms with van der Waals surface area (Å²) in [6.07, 6.45) is -8.26. The smallest absolute Gasteiger partial charge is 0.323 e. The standard InChI is InChI=1S/C6H9F5O3S.C2H7N/c7-5(8,9)3-1-2-4-6(10,11)15(12,13)14;1-3-2/h1-4H2,(H,12,13,14);3H,1-2H3. The summed E-state index contributed by atoms with van der Waals surface area (Å²) in [6, 6.07) is 0. The van der Waals surface area contributed by atoms with Crippen LogP contribution >= 0.6 is 0 Å². The van der Waals surface area contributed by atoms with Crippen LogP contribution in [0, 0.1) is 0 Å². The first-order chi connectivity index (χ1) is 7.87. The van der Waals surface area contributed by atoms with Gasteiger partial charge in [-0.25, -0.2) is 0 Å². The zero-order valence-corrected chi connectivity index (χ0v) is 10.7. The fourth-order valence-corrected chi connectivity index (χ4v) is 1.19. The van der Waals surface area contributed by atoms with Crippen LogP contribution in [-0.4, -0.2) is 38.5 Å². The predicted molar refractivity (Wildman–Crippen MR) is 56.0 cm³/mol. The molecular weight excluding hydrogens is 285 g/mol. The fraction of sp³-hybridized carbons (Fsp3) is 1.00. The van der Waals surface area contributed by atoms with Crippen molar-refractivity contribution in [3.8, 4) is 0 Å². The van der Waals surface area contributed by atoms with E-state index in [4.69, 9.17) is 4.55 Å². The number of nitrogens with one attached hydrogen (secondary N) is 1. The van der Waals surface area contributed by atoms with Crippen LogP contribution in [0.5, 0.6) is 0 Å². The van der Waals surface area contributed by atoms with E-state index in [0.29, 0.717) is 0 Å². The average molecular weight is 301 g/mol. The van der Waals surface area contributed by atoms with Crippen molar-refractivity contribution in [1.29, 1.82) is 0 Å². The van der Waals surface area contributed by atoms with Gasteiger partial charge < -0.3 is 5.32 Å².